The summed E-state index contributed by atoms with van der Waals surface area (Å²) >= 11 is 23.8. The van der Waals surface area contributed by atoms with Crippen molar-refractivity contribution < 1.29 is 13.2 Å². The van der Waals surface area contributed by atoms with Gasteiger partial charge in [-0.15, -0.1) is 0 Å². The second-order valence-corrected chi connectivity index (χ2v) is 9.41. The fourth-order valence-electron chi connectivity index (χ4n) is 2.56. The molecule has 0 aliphatic carbocycles. The number of hydrogen-bond donors (Lipinski definition) is 2. The van der Waals surface area contributed by atoms with Crippen molar-refractivity contribution in [2.24, 2.45) is 0 Å². The van der Waals surface area contributed by atoms with Gasteiger partial charge in [-0.2, -0.15) is 0 Å². The first-order valence-electron chi connectivity index (χ1n) is 8.11. The van der Waals surface area contributed by atoms with E-state index in [1.165, 1.54) is 12.1 Å². The second kappa shape index (κ2) is 9.00. The Bertz CT molecular complexity index is 1130. The SMILES string of the molecule is Nc1cc(Cl)cc(Cl)c1S(=O)(=O)NCc1cccc(Oc2cc(Cl)cc(Cl)c2)c1. The topological polar surface area (TPSA) is 81.4 Å². The summed E-state index contributed by atoms with van der Waals surface area (Å²) in [4.78, 5) is -0.218. The molecule has 0 radical (unpaired) electrons. The molecule has 0 unspecified atom stereocenters. The maximum atomic E-state index is 12.6. The Labute approximate surface area is 188 Å². The highest BCUT2D eigenvalue weighted by molar-refractivity contribution is 7.89. The number of nitrogens with two attached hydrogens (primary N) is 1. The Morgan fingerprint density at radius 1 is 0.862 bits per heavy atom. The van der Waals surface area contributed by atoms with Crippen LogP contribution in [0.4, 0.5) is 5.69 Å². The fourth-order valence-corrected chi connectivity index (χ4v) is 5.06. The van der Waals surface area contributed by atoms with Crippen molar-refractivity contribution in [2.75, 3.05) is 5.73 Å². The van der Waals surface area contributed by atoms with E-state index in [9.17, 15) is 8.42 Å². The number of halogens is 4. The van der Waals surface area contributed by atoms with E-state index < -0.39 is 10.0 Å². The third-order valence-electron chi connectivity index (χ3n) is 3.74. The van der Waals surface area contributed by atoms with Crippen LogP contribution in [-0.4, -0.2) is 8.42 Å². The molecule has 0 saturated heterocycles. The van der Waals surface area contributed by atoms with E-state index in [1.54, 1.807) is 42.5 Å². The minimum Gasteiger partial charge on any atom is -0.457 e. The lowest BCUT2D eigenvalue weighted by atomic mass is 10.2. The molecule has 3 N–H and O–H groups in total. The van der Waals surface area contributed by atoms with Crippen LogP contribution in [0.5, 0.6) is 11.5 Å². The molecule has 29 heavy (non-hydrogen) atoms. The predicted octanol–water partition coefficient (Wildman–Crippen LogP) is 6.15. The second-order valence-electron chi connectivity index (χ2n) is 5.99. The molecule has 3 aromatic carbocycles. The number of nitrogen functional groups attached to an aromatic ring is 1. The highest BCUT2D eigenvalue weighted by Gasteiger charge is 2.21. The lowest BCUT2D eigenvalue weighted by molar-refractivity contribution is 0.482. The summed E-state index contributed by atoms with van der Waals surface area (Å²) in [5, 5.41) is 1.07. The Hall–Kier alpha value is -1.67. The van der Waals surface area contributed by atoms with Gasteiger partial charge in [0.1, 0.15) is 16.4 Å². The first kappa shape index (κ1) is 22.0. The summed E-state index contributed by atoms with van der Waals surface area (Å²) in [6.45, 7) is -0.00572. The van der Waals surface area contributed by atoms with E-state index in [-0.39, 0.29) is 27.2 Å². The molecule has 3 rings (SSSR count). The molecule has 0 atom stereocenters. The van der Waals surface area contributed by atoms with E-state index in [4.69, 9.17) is 56.9 Å². The summed E-state index contributed by atoms with van der Waals surface area (Å²) in [6, 6.07) is 14.4. The van der Waals surface area contributed by atoms with Crippen LogP contribution in [0.3, 0.4) is 0 Å². The van der Waals surface area contributed by atoms with Gasteiger partial charge in [-0.1, -0.05) is 58.5 Å². The molecule has 0 aromatic heterocycles. The number of benzene rings is 3. The molecule has 5 nitrogen and oxygen atoms in total. The third-order valence-corrected chi connectivity index (χ3v) is 6.32. The molecular formula is C19H14Cl4N2O3S. The average Bonchev–Trinajstić information content (AvgIpc) is 2.58. The van der Waals surface area contributed by atoms with Crippen LogP contribution >= 0.6 is 46.4 Å². The predicted molar refractivity (Wildman–Crippen MR) is 118 cm³/mol. The molecule has 0 amide bonds. The Morgan fingerprint density at radius 3 is 2.17 bits per heavy atom. The van der Waals surface area contributed by atoms with Crippen LogP contribution in [0.15, 0.2) is 59.5 Å². The van der Waals surface area contributed by atoms with Crippen molar-refractivity contribution in [1.82, 2.24) is 4.72 Å². The molecule has 0 heterocycles. The van der Waals surface area contributed by atoms with Gasteiger partial charge in [0.15, 0.2) is 0 Å². The van der Waals surface area contributed by atoms with E-state index in [2.05, 4.69) is 4.72 Å². The molecule has 0 saturated carbocycles. The molecule has 152 valence electrons. The average molecular weight is 492 g/mol. The number of nitrogens with one attached hydrogen (secondary N) is 1. The molecule has 0 bridgehead atoms. The molecule has 0 aliphatic rings. The van der Waals surface area contributed by atoms with Gasteiger partial charge in [0.25, 0.3) is 0 Å². The minimum absolute atomic E-state index is 0.00572. The maximum absolute atomic E-state index is 12.6. The maximum Gasteiger partial charge on any atom is 0.244 e. The van der Waals surface area contributed by atoms with Crippen LogP contribution in [0.25, 0.3) is 0 Å². The minimum atomic E-state index is -3.96. The number of anilines is 1. The highest BCUT2D eigenvalue weighted by atomic mass is 35.5. The van der Waals surface area contributed by atoms with Gasteiger partial charge in [-0.25, -0.2) is 13.1 Å². The number of sulfonamides is 1. The number of hydrogen-bond acceptors (Lipinski definition) is 4. The molecule has 0 aliphatic heterocycles. The van der Waals surface area contributed by atoms with Crippen molar-refractivity contribution in [1.29, 1.82) is 0 Å². The van der Waals surface area contributed by atoms with Gasteiger partial charge in [0.05, 0.1) is 10.7 Å². The van der Waals surface area contributed by atoms with Gasteiger partial charge >= 0.3 is 0 Å². The zero-order valence-corrected chi connectivity index (χ0v) is 18.5. The van der Waals surface area contributed by atoms with E-state index in [0.717, 1.165) is 0 Å². The smallest absolute Gasteiger partial charge is 0.244 e. The number of ether oxygens (including phenoxy) is 1. The van der Waals surface area contributed by atoms with Crippen LogP contribution < -0.4 is 15.2 Å². The Balaban J connectivity index is 1.77. The summed E-state index contributed by atoms with van der Waals surface area (Å²) in [5.41, 5.74) is 6.40. The van der Waals surface area contributed by atoms with Gasteiger partial charge in [0, 0.05) is 21.6 Å². The van der Waals surface area contributed by atoms with Crippen molar-refractivity contribution >= 4 is 62.1 Å². The molecule has 0 spiro atoms. The van der Waals surface area contributed by atoms with Gasteiger partial charge in [-0.3, -0.25) is 0 Å². The molecular weight excluding hydrogens is 478 g/mol. The van der Waals surface area contributed by atoms with Crippen LogP contribution in [0, 0.1) is 0 Å². The lowest BCUT2D eigenvalue weighted by Crippen LogP contribution is -2.24. The van der Waals surface area contributed by atoms with Crippen molar-refractivity contribution in [2.45, 2.75) is 11.4 Å². The fraction of sp³-hybridized carbons (Fsp3) is 0.0526. The monoisotopic (exact) mass is 490 g/mol. The molecule has 3 aromatic rings. The number of rotatable bonds is 6. The largest absolute Gasteiger partial charge is 0.457 e. The van der Waals surface area contributed by atoms with Gasteiger partial charge in [0.2, 0.25) is 10.0 Å². The molecule has 10 heteroatoms. The van der Waals surface area contributed by atoms with Crippen LogP contribution in [0.1, 0.15) is 5.56 Å². The van der Waals surface area contributed by atoms with Crippen LogP contribution in [0.2, 0.25) is 20.1 Å². The van der Waals surface area contributed by atoms with Gasteiger partial charge < -0.3 is 10.5 Å². The first-order valence-corrected chi connectivity index (χ1v) is 11.1. The van der Waals surface area contributed by atoms with Crippen molar-refractivity contribution in [3.05, 3.63) is 80.3 Å². The third kappa shape index (κ3) is 5.69. The highest BCUT2D eigenvalue weighted by Crippen LogP contribution is 2.32. The Kier molecular flexibility index (Phi) is 6.83. The zero-order chi connectivity index (χ0) is 21.2. The summed E-state index contributed by atoms with van der Waals surface area (Å²) in [7, 11) is -3.96. The summed E-state index contributed by atoms with van der Waals surface area (Å²) < 4.78 is 33.5. The van der Waals surface area contributed by atoms with Crippen LogP contribution in [-0.2, 0) is 16.6 Å². The van der Waals surface area contributed by atoms with E-state index in [0.29, 0.717) is 27.1 Å². The molecule has 0 fully saturated rings. The first-order chi connectivity index (χ1) is 13.6. The van der Waals surface area contributed by atoms with Crippen molar-refractivity contribution in [3.8, 4) is 11.5 Å². The van der Waals surface area contributed by atoms with E-state index in [1.807, 2.05) is 0 Å². The quantitative estimate of drug-likeness (QED) is 0.405. The zero-order valence-electron chi connectivity index (χ0n) is 14.6. The summed E-state index contributed by atoms with van der Waals surface area (Å²) in [6.07, 6.45) is 0. The lowest BCUT2D eigenvalue weighted by Gasteiger charge is -2.12. The normalized spacial score (nSPS) is 11.4. The summed E-state index contributed by atoms with van der Waals surface area (Å²) in [5.74, 6) is 0.949. The van der Waals surface area contributed by atoms with Crippen molar-refractivity contribution in [3.63, 3.8) is 0 Å². The Morgan fingerprint density at radius 2 is 1.52 bits per heavy atom. The van der Waals surface area contributed by atoms with E-state index >= 15 is 0 Å². The standard InChI is InChI=1S/C19H14Cl4N2O3S/c20-12-5-13(21)7-16(6-12)28-15-3-1-2-11(4-15)10-25-29(26,27)19-17(23)8-14(22)9-18(19)24/h1-9,25H,10,24H2. The van der Waals surface area contributed by atoms with Gasteiger partial charge in [-0.05, 0) is 48.0 Å².